The van der Waals surface area contributed by atoms with Crippen LogP contribution in [0.25, 0.3) is 0 Å². The molecular weight excluding hydrogens is 350 g/mol. The molecule has 22 heavy (non-hydrogen) atoms. The minimum atomic E-state index is -0.374. The molecule has 116 valence electrons. The van der Waals surface area contributed by atoms with Crippen molar-refractivity contribution in [3.63, 3.8) is 0 Å². The molecule has 1 aliphatic carbocycles. The van der Waals surface area contributed by atoms with Gasteiger partial charge >= 0.3 is 6.03 Å². The summed E-state index contributed by atoms with van der Waals surface area (Å²) in [6.07, 6.45) is 1.88. The average molecular weight is 366 g/mol. The SMILES string of the molecule is Cc1cc(NC(=O)CN2C(=O)CN(C3CC3)C2=O)ccc1Br. The number of nitrogens with zero attached hydrogens (tertiary/aromatic N) is 2. The van der Waals surface area contributed by atoms with Crippen LogP contribution in [0.4, 0.5) is 10.5 Å². The predicted octanol–water partition coefficient (Wildman–Crippen LogP) is 2.12. The summed E-state index contributed by atoms with van der Waals surface area (Å²) in [5.41, 5.74) is 1.63. The first-order valence-corrected chi connectivity index (χ1v) is 7.92. The Kier molecular flexibility index (Phi) is 3.90. The van der Waals surface area contributed by atoms with E-state index in [1.807, 2.05) is 19.1 Å². The zero-order valence-electron chi connectivity index (χ0n) is 12.1. The molecule has 0 bridgehead atoms. The van der Waals surface area contributed by atoms with Gasteiger partial charge in [-0.25, -0.2) is 4.79 Å². The van der Waals surface area contributed by atoms with Crippen LogP contribution < -0.4 is 5.32 Å². The lowest BCUT2D eigenvalue weighted by Crippen LogP contribution is -2.39. The molecule has 1 saturated carbocycles. The molecule has 1 saturated heterocycles. The first-order valence-electron chi connectivity index (χ1n) is 7.12. The second-order valence-electron chi connectivity index (χ2n) is 5.63. The second-order valence-corrected chi connectivity index (χ2v) is 6.49. The molecule has 2 fully saturated rings. The van der Waals surface area contributed by atoms with Crippen LogP contribution >= 0.6 is 15.9 Å². The van der Waals surface area contributed by atoms with E-state index in [2.05, 4.69) is 21.2 Å². The van der Waals surface area contributed by atoms with Gasteiger partial charge in [0.05, 0.1) is 0 Å². The van der Waals surface area contributed by atoms with Crippen LogP contribution in [0.5, 0.6) is 0 Å². The third-order valence-electron chi connectivity index (χ3n) is 3.81. The standard InChI is InChI=1S/C15H16BrN3O3/c1-9-6-10(2-5-12(9)16)17-13(20)7-19-14(21)8-18(15(19)22)11-3-4-11/h2,5-6,11H,3-4,7-8H2,1H3,(H,17,20). The number of urea groups is 1. The highest BCUT2D eigenvalue weighted by molar-refractivity contribution is 9.10. The molecule has 0 unspecified atom stereocenters. The lowest BCUT2D eigenvalue weighted by Gasteiger charge is -2.16. The number of carbonyl (C=O) groups is 3. The van der Waals surface area contributed by atoms with Crippen LogP contribution in [-0.4, -0.2) is 46.8 Å². The van der Waals surface area contributed by atoms with Crippen molar-refractivity contribution in [2.75, 3.05) is 18.4 Å². The smallest absolute Gasteiger partial charge is 0.325 e. The van der Waals surface area contributed by atoms with E-state index in [0.29, 0.717) is 5.69 Å². The van der Waals surface area contributed by atoms with Crippen LogP contribution in [0.3, 0.4) is 0 Å². The fourth-order valence-corrected chi connectivity index (χ4v) is 2.70. The van der Waals surface area contributed by atoms with Crippen molar-refractivity contribution < 1.29 is 14.4 Å². The maximum absolute atomic E-state index is 12.1. The summed E-state index contributed by atoms with van der Waals surface area (Å²) in [5.74, 6) is -0.680. The van der Waals surface area contributed by atoms with Gasteiger partial charge in [0.25, 0.3) is 5.91 Å². The molecule has 0 aromatic heterocycles. The molecular formula is C15H16BrN3O3. The van der Waals surface area contributed by atoms with Crippen LogP contribution in [0.2, 0.25) is 0 Å². The summed E-state index contributed by atoms with van der Waals surface area (Å²) in [4.78, 5) is 38.7. The zero-order valence-corrected chi connectivity index (χ0v) is 13.7. The first-order chi connectivity index (χ1) is 10.5. The van der Waals surface area contributed by atoms with Crippen molar-refractivity contribution in [1.29, 1.82) is 0 Å². The molecule has 1 aliphatic heterocycles. The monoisotopic (exact) mass is 365 g/mol. The quantitative estimate of drug-likeness (QED) is 0.830. The summed E-state index contributed by atoms with van der Waals surface area (Å²) < 4.78 is 0.954. The summed E-state index contributed by atoms with van der Waals surface area (Å²) in [7, 11) is 0. The predicted molar refractivity (Wildman–Crippen MR) is 84.3 cm³/mol. The van der Waals surface area contributed by atoms with Crippen LogP contribution in [0.15, 0.2) is 22.7 Å². The van der Waals surface area contributed by atoms with E-state index < -0.39 is 0 Å². The van der Waals surface area contributed by atoms with Crippen LogP contribution in [0, 0.1) is 6.92 Å². The van der Waals surface area contributed by atoms with Crippen molar-refractivity contribution >= 4 is 39.5 Å². The lowest BCUT2D eigenvalue weighted by molar-refractivity contribution is -0.129. The highest BCUT2D eigenvalue weighted by Crippen LogP contribution is 2.30. The summed E-state index contributed by atoms with van der Waals surface area (Å²) in [6, 6.07) is 5.25. The van der Waals surface area contributed by atoms with E-state index in [-0.39, 0.29) is 37.0 Å². The van der Waals surface area contributed by atoms with Crippen LogP contribution in [0.1, 0.15) is 18.4 Å². The van der Waals surface area contributed by atoms with Gasteiger partial charge < -0.3 is 10.2 Å². The van der Waals surface area contributed by atoms with Crippen molar-refractivity contribution in [2.45, 2.75) is 25.8 Å². The average Bonchev–Trinajstić information content (AvgIpc) is 3.26. The molecule has 1 aromatic rings. The molecule has 4 amide bonds. The van der Waals surface area contributed by atoms with E-state index >= 15 is 0 Å². The first kappa shape index (κ1) is 15.0. The number of rotatable bonds is 4. The Morgan fingerprint density at radius 3 is 2.73 bits per heavy atom. The fourth-order valence-electron chi connectivity index (χ4n) is 2.45. The van der Waals surface area contributed by atoms with Gasteiger partial charge in [-0.15, -0.1) is 0 Å². The largest absolute Gasteiger partial charge is 0.327 e. The number of hydrogen-bond donors (Lipinski definition) is 1. The Hall–Kier alpha value is -1.89. The third-order valence-corrected chi connectivity index (χ3v) is 4.70. The van der Waals surface area contributed by atoms with E-state index in [1.165, 1.54) is 0 Å². The van der Waals surface area contributed by atoms with E-state index in [1.54, 1.807) is 11.0 Å². The number of hydrogen-bond acceptors (Lipinski definition) is 3. The summed E-state index contributed by atoms with van der Waals surface area (Å²) >= 11 is 3.39. The van der Waals surface area contributed by atoms with Gasteiger partial charge in [0.15, 0.2) is 0 Å². The maximum Gasteiger partial charge on any atom is 0.327 e. The van der Waals surface area contributed by atoms with Crippen molar-refractivity contribution in [2.24, 2.45) is 0 Å². The number of amides is 4. The lowest BCUT2D eigenvalue weighted by atomic mass is 10.2. The number of imide groups is 1. The third kappa shape index (κ3) is 2.99. The zero-order chi connectivity index (χ0) is 15.9. The van der Waals surface area contributed by atoms with Gasteiger partial charge in [-0.1, -0.05) is 15.9 Å². The van der Waals surface area contributed by atoms with Crippen molar-refractivity contribution in [1.82, 2.24) is 9.80 Å². The molecule has 1 N–H and O–H groups in total. The minimum absolute atomic E-state index is 0.0914. The molecule has 0 spiro atoms. The van der Waals surface area contributed by atoms with E-state index in [4.69, 9.17) is 0 Å². The number of halogens is 1. The molecule has 7 heteroatoms. The molecule has 0 atom stereocenters. The van der Waals surface area contributed by atoms with Crippen molar-refractivity contribution in [3.8, 4) is 0 Å². The molecule has 1 aromatic carbocycles. The Morgan fingerprint density at radius 1 is 1.36 bits per heavy atom. The number of benzene rings is 1. The normalized spacial score (nSPS) is 18.1. The molecule has 0 radical (unpaired) electrons. The number of carbonyl (C=O) groups excluding carboxylic acids is 3. The highest BCUT2D eigenvalue weighted by Gasteiger charge is 2.44. The Morgan fingerprint density at radius 2 is 2.09 bits per heavy atom. The minimum Gasteiger partial charge on any atom is -0.325 e. The Balaban J connectivity index is 1.62. The van der Waals surface area contributed by atoms with Gasteiger partial charge in [0, 0.05) is 16.2 Å². The van der Waals surface area contributed by atoms with Gasteiger partial charge in [-0.3, -0.25) is 14.5 Å². The molecule has 1 heterocycles. The fraction of sp³-hybridized carbons (Fsp3) is 0.400. The summed E-state index contributed by atoms with van der Waals surface area (Å²) in [6.45, 7) is 1.77. The van der Waals surface area contributed by atoms with Crippen LogP contribution in [-0.2, 0) is 9.59 Å². The second kappa shape index (κ2) is 5.72. The van der Waals surface area contributed by atoms with E-state index in [0.717, 1.165) is 27.8 Å². The number of nitrogens with one attached hydrogen (secondary N) is 1. The number of anilines is 1. The topological polar surface area (TPSA) is 69.7 Å². The van der Waals surface area contributed by atoms with Gasteiger partial charge in [0.1, 0.15) is 13.1 Å². The summed E-state index contributed by atoms with van der Waals surface area (Å²) in [5, 5.41) is 2.71. The Labute approximate surface area is 136 Å². The van der Waals surface area contributed by atoms with Gasteiger partial charge in [0.2, 0.25) is 5.91 Å². The van der Waals surface area contributed by atoms with E-state index in [9.17, 15) is 14.4 Å². The molecule has 2 aliphatic rings. The van der Waals surface area contributed by atoms with Crippen molar-refractivity contribution in [3.05, 3.63) is 28.2 Å². The van der Waals surface area contributed by atoms with Gasteiger partial charge in [-0.2, -0.15) is 0 Å². The highest BCUT2D eigenvalue weighted by atomic mass is 79.9. The number of aryl methyl sites for hydroxylation is 1. The molecule has 3 rings (SSSR count). The molecule has 6 nitrogen and oxygen atoms in total. The Bertz CT molecular complexity index is 657. The maximum atomic E-state index is 12.1. The van der Waals surface area contributed by atoms with Gasteiger partial charge in [-0.05, 0) is 43.5 Å².